The van der Waals surface area contributed by atoms with Gasteiger partial charge in [0, 0.05) is 13.1 Å². The van der Waals surface area contributed by atoms with Crippen molar-refractivity contribution in [1.29, 1.82) is 0 Å². The fourth-order valence-corrected chi connectivity index (χ4v) is 4.01. The monoisotopic (exact) mass is 398 g/mol. The predicted octanol–water partition coefficient (Wildman–Crippen LogP) is 1.13. The van der Waals surface area contributed by atoms with Gasteiger partial charge in [-0.25, -0.2) is 18.4 Å². The van der Waals surface area contributed by atoms with Crippen molar-refractivity contribution < 1.29 is 27.5 Å². The number of amides is 1. The lowest BCUT2D eigenvalue weighted by Crippen LogP contribution is -2.51. The molecule has 1 heterocycles. The number of esters is 1. The zero-order chi connectivity index (χ0) is 20.5. The average Bonchev–Trinajstić information content (AvgIpc) is 2.54. The highest BCUT2D eigenvalue weighted by molar-refractivity contribution is 7.89. The maximum Gasteiger partial charge on any atom is 0.338 e. The number of morpholine rings is 1. The molecule has 9 heteroatoms. The van der Waals surface area contributed by atoms with E-state index in [1.165, 1.54) is 19.1 Å². The van der Waals surface area contributed by atoms with Crippen LogP contribution in [0.3, 0.4) is 0 Å². The third-order valence-corrected chi connectivity index (χ3v) is 5.56. The number of hydrogen-bond donors (Lipinski definition) is 1. The number of rotatable bonds is 4. The molecule has 150 valence electrons. The van der Waals surface area contributed by atoms with Gasteiger partial charge in [0.25, 0.3) is 5.91 Å². The molecular weight excluding hydrogens is 372 g/mol. The number of aryl methyl sites for hydroxylation is 1. The van der Waals surface area contributed by atoms with Crippen LogP contribution in [0.2, 0.25) is 0 Å². The van der Waals surface area contributed by atoms with Crippen LogP contribution in [-0.4, -0.2) is 56.6 Å². The normalized spacial score (nSPS) is 21.6. The minimum atomic E-state index is -3.98. The van der Waals surface area contributed by atoms with Gasteiger partial charge in [0.2, 0.25) is 10.0 Å². The Labute approximate surface area is 159 Å². The summed E-state index contributed by atoms with van der Waals surface area (Å²) in [7, 11) is -3.98. The summed E-state index contributed by atoms with van der Waals surface area (Å²) in [5.41, 5.74) is 1.09. The van der Waals surface area contributed by atoms with E-state index in [0.717, 1.165) is 0 Å². The zero-order valence-corrected chi connectivity index (χ0v) is 17.0. The molecule has 3 atom stereocenters. The minimum absolute atomic E-state index is 0.0329. The molecule has 1 fully saturated rings. The van der Waals surface area contributed by atoms with Crippen LogP contribution in [0.4, 0.5) is 0 Å². The highest BCUT2D eigenvalue weighted by atomic mass is 32.2. The quantitative estimate of drug-likeness (QED) is 0.760. The molecular formula is C18H26N2O6S. The van der Waals surface area contributed by atoms with Crippen LogP contribution in [0, 0.1) is 13.8 Å². The van der Waals surface area contributed by atoms with E-state index in [0.29, 0.717) is 24.2 Å². The van der Waals surface area contributed by atoms with Crippen molar-refractivity contribution in [3.8, 4) is 0 Å². The first-order chi connectivity index (χ1) is 12.4. The molecule has 1 aliphatic heterocycles. The standard InChI is InChI=1S/C18H26N2O6S/c1-10-6-15(7-16(13(10)4)27(19,23)24)18(22)26-14(5)17(21)20-8-11(2)25-12(3)9-20/h6-7,11-12,14H,8-9H2,1-5H3,(H2,19,23,24). The first-order valence-corrected chi connectivity index (χ1v) is 10.2. The summed E-state index contributed by atoms with van der Waals surface area (Å²) in [6.45, 7) is 9.36. The van der Waals surface area contributed by atoms with Crippen molar-refractivity contribution >= 4 is 21.9 Å². The van der Waals surface area contributed by atoms with E-state index < -0.39 is 22.1 Å². The van der Waals surface area contributed by atoms with Gasteiger partial charge in [0.15, 0.2) is 6.10 Å². The zero-order valence-electron chi connectivity index (χ0n) is 16.2. The lowest BCUT2D eigenvalue weighted by Gasteiger charge is -2.36. The van der Waals surface area contributed by atoms with Crippen molar-refractivity contribution in [3.63, 3.8) is 0 Å². The van der Waals surface area contributed by atoms with Gasteiger partial charge in [0.1, 0.15) is 0 Å². The van der Waals surface area contributed by atoms with Gasteiger partial charge in [-0.2, -0.15) is 0 Å². The van der Waals surface area contributed by atoms with Gasteiger partial charge in [0.05, 0.1) is 22.7 Å². The summed E-state index contributed by atoms with van der Waals surface area (Å²) in [4.78, 5) is 26.5. The van der Waals surface area contributed by atoms with Crippen molar-refractivity contribution in [1.82, 2.24) is 4.90 Å². The Balaban J connectivity index is 2.17. The Morgan fingerprint density at radius 2 is 1.78 bits per heavy atom. The predicted molar refractivity (Wildman–Crippen MR) is 98.8 cm³/mol. The van der Waals surface area contributed by atoms with Crippen molar-refractivity contribution in [2.75, 3.05) is 13.1 Å². The Morgan fingerprint density at radius 3 is 2.30 bits per heavy atom. The Bertz CT molecular complexity index is 842. The fourth-order valence-electron chi connectivity index (χ4n) is 3.13. The fraction of sp³-hybridized carbons (Fsp3) is 0.556. The summed E-state index contributed by atoms with van der Waals surface area (Å²) in [5, 5.41) is 5.22. The van der Waals surface area contributed by atoms with Crippen LogP contribution in [-0.2, 0) is 24.3 Å². The largest absolute Gasteiger partial charge is 0.449 e. The number of ether oxygens (including phenoxy) is 2. The number of hydrogen-bond acceptors (Lipinski definition) is 6. The highest BCUT2D eigenvalue weighted by Gasteiger charge is 2.31. The maximum atomic E-state index is 12.6. The molecule has 0 aromatic heterocycles. The van der Waals surface area contributed by atoms with Crippen molar-refractivity contribution in [2.45, 2.75) is 57.8 Å². The van der Waals surface area contributed by atoms with Crippen LogP contribution in [0.15, 0.2) is 17.0 Å². The molecule has 1 amide bonds. The number of carbonyl (C=O) groups is 2. The molecule has 0 aliphatic carbocycles. The van der Waals surface area contributed by atoms with Gasteiger partial charge >= 0.3 is 5.97 Å². The van der Waals surface area contributed by atoms with E-state index in [-0.39, 0.29) is 28.6 Å². The van der Waals surface area contributed by atoms with Crippen LogP contribution in [0.1, 0.15) is 42.3 Å². The second-order valence-electron chi connectivity index (χ2n) is 7.01. The first kappa shape index (κ1) is 21.3. The Hall–Kier alpha value is -1.97. The van der Waals surface area contributed by atoms with Crippen LogP contribution in [0.25, 0.3) is 0 Å². The second kappa shape index (κ2) is 7.95. The van der Waals surface area contributed by atoms with Crippen molar-refractivity contribution in [2.24, 2.45) is 5.14 Å². The average molecular weight is 398 g/mol. The number of nitrogens with two attached hydrogens (primary N) is 1. The molecule has 3 unspecified atom stereocenters. The van der Waals surface area contributed by atoms with Crippen LogP contribution < -0.4 is 5.14 Å². The summed E-state index contributed by atoms with van der Waals surface area (Å²) in [5.74, 6) is -1.10. The minimum Gasteiger partial charge on any atom is -0.449 e. The molecule has 1 saturated heterocycles. The number of carbonyl (C=O) groups excluding carboxylic acids is 2. The molecule has 1 aromatic carbocycles. The first-order valence-electron chi connectivity index (χ1n) is 8.69. The third kappa shape index (κ3) is 5.06. The van der Waals surface area contributed by atoms with E-state index >= 15 is 0 Å². The SMILES string of the molecule is Cc1cc(C(=O)OC(C)C(=O)N2CC(C)OC(C)C2)cc(S(N)(=O)=O)c1C. The highest BCUT2D eigenvalue weighted by Crippen LogP contribution is 2.21. The summed E-state index contributed by atoms with van der Waals surface area (Å²) >= 11 is 0. The van der Waals surface area contributed by atoms with E-state index in [1.54, 1.807) is 18.7 Å². The third-order valence-electron chi connectivity index (χ3n) is 4.52. The molecule has 0 radical (unpaired) electrons. The molecule has 0 bridgehead atoms. The molecule has 2 N–H and O–H groups in total. The van der Waals surface area contributed by atoms with Gasteiger partial charge in [-0.3, -0.25) is 4.79 Å². The van der Waals surface area contributed by atoms with Gasteiger partial charge < -0.3 is 14.4 Å². The second-order valence-corrected chi connectivity index (χ2v) is 8.54. The van der Waals surface area contributed by atoms with Gasteiger partial charge in [-0.15, -0.1) is 0 Å². The lowest BCUT2D eigenvalue weighted by atomic mass is 10.1. The maximum absolute atomic E-state index is 12.6. The topological polar surface area (TPSA) is 116 Å². The molecule has 2 rings (SSSR count). The summed E-state index contributed by atoms with van der Waals surface area (Å²) < 4.78 is 34.3. The van der Waals surface area contributed by atoms with E-state index in [1.807, 2.05) is 13.8 Å². The van der Waals surface area contributed by atoms with Crippen LogP contribution >= 0.6 is 0 Å². The Kier molecular flexibility index (Phi) is 6.28. The van der Waals surface area contributed by atoms with E-state index in [4.69, 9.17) is 14.6 Å². The van der Waals surface area contributed by atoms with E-state index in [9.17, 15) is 18.0 Å². The van der Waals surface area contributed by atoms with Crippen LogP contribution in [0.5, 0.6) is 0 Å². The number of primary sulfonamides is 1. The number of sulfonamides is 1. The Morgan fingerprint density at radius 1 is 1.22 bits per heavy atom. The van der Waals surface area contributed by atoms with Crippen molar-refractivity contribution in [3.05, 3.63) is 28.8 Å². The molecule has 0 saturated carbocycles. The van der Waals surface area contributed by atoms with Gasteiger partial charge in [-0.1, -0.05) is 0 Å². The molecule has 8 nitrogen and oxygen atoms in total. The molecule has 27 heavy (non-hydrogen) atoms. The van der Waals surface area contributed by atoms with E-state index in [2.05, 4.69) is 0 Å². The summed E-state index contributed by atoms with van der Waals surface area (Å²) in [6, 6.07) is 2.69. The molecule has 1 aliphatic rings. The lowest BCUT2D eigenvalue weighted by molar-refractivity contribution is -0.151. The molecule has 0 spiro atoms. The summed E-state index contributed by atoms with van der Waals surface area (Å²) in [6.07, 6.45) is -1.20. The number of nitrogens with zero attached hydrogens (tertiary/aromatic N) is 1. The molecule has 1 aromatic rings. The van der Waals surface area contributed by atoms with Gasteiger partial charge in [-0.05, 0) is 57.9 Å². The number of benzene rings is 1. The smallest absolute Gasteiger partial charge is 0.338 e.